The van der Waals surface area contributed by atoms with Crippen LogP contribution in [0.25, 0.3) is 0 Å². The summed E-state index contributed by atoms with van der Waals surface area (Å²) >= 11 is 5.93. The predicted molar refractivity (Wildman–Crippen MR) is 110 cm³/mol. The lowest BCUT2D eigenvalue weighted by Crippen LogP contribution is -2.45. The van der Waals surface area contributed by atoms with Gasteiger partial charge in [0.05, 0.1) is 12.6 Å². The van der Waals surface area contributed by atoms with E-state index in [1.807, 2.05) is 24.3 Å². The lowest BCUT2D eigenvalue weighted by molar-refractivity contribution is 0.102. The molecule has 1 unspecified atom stereocenters. The van der Waals surface area contributed by atoms with Gasteiger partial charge in [-0.3, -0.25) is 4.79 Å². The first-order valence-electron chi connectivity index (χ1n) is 9.31. The first kappa shape index (κ1) is 20.0. The first-order chi connectivity index (χ1) is 13.5. The highest BCUT2D eigenvalue weighted by atomic mass is 35.5. The van der Waals surface area contributed by atoms with Crippen LogP contribution in [-0.4, -0.2) is 18.4 Å². The van der Waals surface area contributed by atoms with E-state index in [0.717, 1.165) is 24.2 Å². The van der Waals surface area contributed by atoms with E-state index in [-0.39, 0.29) is 11.8 Å². The maximum Gasteiger partial charge on any atom is 0.319 e. The molecule has 0 saturated carbocycles. The highest BCUT2D eigenvalue weighted by molar-refractivity contribution is 6.30. The molecule has 2 N–H and O–H groups in total. The van der Waals surface area contributed by atoms with Crippen LogP contribution >= 0.6 is 11.6 Å². The van der Waals surface area contributed by atoms with Gasteiger partial charge in [0.1, 0.15) is 5.75 Å². The molecule has 146 valence electrons. The number of urea groups is 1. The van der Waals surface area contributed by atoms with Crippen molar-refractivity contribution >= 4 is 23.4 Å². The summed E-state index contributed by atoms with van der Waals surface area (Å²) in [5.74, 6) is 0.610. The number of allylic oxidation sites excluding steroid dienone is 1. The van der Waals surface area contributed by atoms with Crippen LogP contribution in [0.1, 0.15) is 48.7 Å². The second kappa shape index (κ2) is 8.93. The van der Waals surface area contributed by atoms with E-state index < -0.39 is 6.04 Å². The lowest BCUT2D eigenvalue weighted by atomic mass is 9.89. The molecule has 1 aliphatic heterocycles. The van der Waals surface area contributed by atoms with Gasteiger partial charge in [-0.25, -0.2) is 4.79 Å². The van der Waals surface area contributed by atoms with E-state index in [2.05, 4.69) is 17.6 Å². The molecule has 1 aliphatic rings. The second-order valence-corrected chi connectivity index (χ2v) is 7.11. The largest absolute Gasteiger partial charge is 0.494 e. The number of rotatable bonds is 7. The summed E-state index contributed by atoms with van der Waals surface area (Å²) in [6.45, 7) is 4.51. The zero-order chi connectivity index (χ0) is 20.1. The molecule has 0 spiro atoms. The van der Waals surface area contributed by atoms with Gasteiger partial charge in [0.15, 0.2) is 5.78 Å². The Labute approximate surface area is 169 Å². The fourth-order valence-electron chi connectivity index (χ4n) is 3.09. The van der Waals surface area contributed by atoms with E-state index in [4.69, 9.17) is 16.3 Å². The summed E-state index contributed by atoms with van der Waals surface area (Å²) in [7, 11) is 0. The average Bonchev–Trinajstić information content (AvgIpc) is 2.68. The summed E-state index contributed by atoms with van der Waals surface area (Å²) in [5.41, 5.74) is 2.37. The third-order valence-corrected chi connectivity index (χ3v) is 4.85. The molecule has 1 atom stereocenters. The van der Waals surface area contributed by atoms with Crippen LogP contribution in [0.2, 0.25) is 5.02 Å². The molecule has 2 aromatic carbocycles. The number of carbonyl (C=O) groups excluding carboxylic acids is 2. The van der Waals surface area contributed by atoms with Crippen LogP contribution in [0.5, 0.6) is 5.75 Å². The van der Waals surface area contributed by atoms with Gasteiger partial charge < -0.3 is 15.4 Å². The van der Waals surface area contributed by atoms with Gasteiger partial charge in [-0.2, -0.15) is 0 Å². The van der Waals surface area contributed by atoms with E-state index >= 15 is 0 Å². The number of nitrogens with one attached hydrogen (secondary N) is 2. The monoisotopic (exact) mass is 398 g/mol. The molecule has 0 aromatic heterocycles. The Hall–Kier alpha value is -2.79. The van der Waals surface area contributed by atoms with Crippen molar-refractivity contribution in [3.05, 3.63) is 76.0 Å². The number of benzene rings is 2. The van der Waals surface area contributed by atoms with Crippen LogP contribution in [0.4, 0.5) is 4.79 Å². The molecule has 2 amide bonds. The summed E-state index contributed by atoms with van der Waals surface area (Å²) in [6.07, 6.45) is 2.06. The van der Waals surface area contributed by atoms with Crippen molar-refractivity contribution in [2.45, 2.75) is 32.7 Å². The number of amides is 2. The number of hydrogen-bond donors (Lipinski definition) is 2. The molecule has 28 heavy (non-hydrogen) atoms. The molecule has 0 aliphatic carbocycles. The number of hydrogen-bond acceptors (Lipinski definition) is 3. The molecule has 0 saturated heterocycles. The molecule has 6 heteroatoms. The van der Waals surface area contributed by atoms with Gasteiger partial charge >= 0.3 is 6.03 Å². The maximum absolute atomic E-state index is 13.1. The van der Waals surface area contributed by atoms with Crippen molar-refractivity contribution in [1.82, 2.24) is 10.6 Å². The standard InChI is InChI=1S/C22H23ClN2O3/c1-3-4-13-28-18-11-7-15(8-12-18)20-19(14(2)24-22(27)25-20)21(26)16-5-9-17(23)10-6-16/h5-12,20H,3-4,13H2,1-2H3,(H2,24,25,27). The van der Waals surface area contributed by atoms with Crippen LogP contribution in [-0.2, 0) is 0 Å². The Morgan fingerprint density at radius 1 is 1.11 bits per heavy atom. The third-order valence-electron chi connectivity index (χ3n) is 4.60. The first-order valence-corrected chi connectivity index (χ1v) is 9.68. The Bertz CT molecular complexity index is 889. The maximum atomic E-state index is 13.1. The minimum Gasteiger partial charge on any atom is -0.494 e. The summed E-state index contributed by atoms with van der Waals surface area (Å²) in [5, 5.41) is 6.11. The molecule has 0 bridgehead atoms. The van der Waals surface area contributed by atoms with Crippen molar-refractivity contribution in [3.63, 3.8) is 0 Å². The average molecular weight is 399 g/mol. The van der Waals surface area contributed by atoms with Crippen molar-refractivity contribution < 1.29 is 14.3 Å². The normalized spacial score (nSPS) is 16.4. The van der Waals surface area contributed by atoms with Gasteiger partial charge in [0, 0.05) is 21.9 Å². The molecule has 3 rings (SSSR count). The van der Waals surface area contributed by atoms with Gasteiger partial charge in [0.2, 0.25) is 0 Å². The topological polar surface area (TPSA) is 67.4 Å². The van der Waals surface area contributed by atoms with E-state index in [0.29, 0.717) is 28.5 Å². The van der Waals surface area contributed by atoms with E-state index in [9.17, 15) is 9.59 Å². The van der Waals surface area contributed by atoms with Crippen LogP contribution < -0.4 is 15.4 Å². The second-order valence-electron chi connectivity index (χ2n) is 6.68. The molecular weight excluding hydrogens is 376 g/mol. The molecule has 5 nitrogen and oxygen atoms in total. The zero-order valence-electron chi connectivity index (χ0n) is 15.9. The number of unbranched alkanes of at least 4 members (excludes halogenated alkanes) is 1. The predicted octanol–water partition coefficient (Wildman–Crippen LogP) is 5.03. The molecule has 1 heterocycles. The number of Topliss-reactive ketones (excluding diaryl/α,β-unsaturated/α-hetero) is 1. The Morgan fingerprint density at radius 3 is 2.43 bits per heavy atom. The van der Waals surface area contributed by atoms with Crippen LogP contribution in [0.15, 0.2) is 59.8 Å². The van der Waals surface area contributed by atoms with Gasteiger partial charge in [-0.05, 0) is 55.3 Å². The lowest BCUT2D eigenvalue weighted by Gasteiger charge is -2.28. The van der Waals surface area contributed by atoms with Gasteiger partial charge in [-0.1, -0.05) is 37.1 Å². The Kier molecular flexibility index (Phi) is 6.37. The van der Waals surface area contributed by atoms with Gasteiger partial charge in [0.25, 0.3) is 0 Å². The van der Waals surface area contributed by atoms with Crippen LogP contribution in [0, 0.1) is 0 Å². The third kappa shape index (κ3) is 4.54. The summed E-state index contributed by atoms with van der Waals surface area (Å²) in [4.78, 5) is 25.2. The Balaban J connectivity index is 1.89. The fraction of sp³-hybridized carbons (Fsp3) is 0.273. The van der Waals surface area contributed by atoms with Crippen molar-refractivity contribution in [2.75, 3.05) is 6.61 Å². The minimum atomic E-state index is -0.540. The molecule has 0 fully saturated rings. The van der Waals surface area contributed by atoms with Gasteiger partial charge in [-0.15, -0.1) is 0 Å². The molecular formula is C22H23ClN2O3. The highest BCUT2D eigenvalue weighted by Crippen LogP contribution is 2.30. The number of carbonyl (C=O) groups is 2. The quantitative estimate of drug-likeness (QED) is 0.507. The zero-order valence-corrected chi connectivity index (χ0v) is 16.7. The van der Waals surface area contributed by atoms with Crippen molar-refractivity contribution in [1.29, 1.82) is 0 Å². The van der Waals surface area contributed by atoms with Crippen molar-refractivity contribution in [2.24, 2.45) is 0 Å². The Morgan fingerprint density at radius 2 is 1.79 bits per heavy atom. The van der Waals surface area contributed by atoms with Crippen molar-refractivity contribution in [3.8, 4) is 5.75 Å². The summed E-state index contributed by atoms with van der Waals surface area (Å²) < 4.78 is 5.69. The smallest absolute Gasteiger partial charge is 0.319 e. The number of halogens is 1. The van der Waals surface area contributed by atoms with Crippen LogP contribution in [0.3, 0.4) is 0 Å². The number of ketones is 1. The highest BCUT2D eigenvalue weighted by Gasteiger charge is 2.31. The minimum absolute atomic E-state index is 0.157. The fourth-order valence-corrected chi connectivity index (χ4v) is 3.22. The van der Waals surface area contributed by atoms with E-state index in [1.165, 1.54) is 0 Å². The molecule has 2 aromatic rings. The molecule has 0 radical (unpaired) electrons. The SMILES string of the molecule is CCCCOc1ccc(C2NC(=O)NC(C)=C2C(=O)c2ccc(Cl)cc2)cc1. The summed E-state index contributed by atoms with van der Waals surface area (Å²) in [6, 6.07) is 13.3. The number of ether oxygens (including phenoxy) is 1. The van der Waals surface area contributed by atoms with E-state index in [1.54, 1.807) is 31.2 Å².